The minimum absolute atomic E-state index is 0.162. The highest BCUT2D eigenvalue weighted by Gasteiger charge is 2.16. The van der Waals surface area contributed by atoms with Crippen LogP contribution in [0.4, 0.5) is 0 Å². The maximum Gasteiger partial charge on any atom is 0.325 e. The van der Waals surface area contributed by atoms with Crippen LogP contribution in [0, 0.1) is 0 Å². The normalized spacial score (nSPS) is 10.1. The van der Waals surface area contributed by atoms with E-state index in [1.54, 1.807) is 24.3 Å². The number of esters is 1. The summed E-state index contributed by atoms with van der Waals surface area (Å²) >= 11 is 11.7. The average molecular weight is 396 g/mol. The van der Waals surface area contributed by atoms with Gasteiger partial charge in [-0.25, -0.2) is 0 Å². The molecule has 1 amide bonds. The van der Waals surface area contributed by atoms with E-state index in [0.717, 1.165) is 0 Å². The topological polar surface area (TPSA) is 81.7 Å². The molecule has 0 aliphatic rings. The van der Waals surface area contributed by atoms with Crippen LogP contribution >= 0.6 is 23.2 Å². The fourth-order valence-corrected chi connectivity index (χ4v) is 2.57. The Kier molecular flexibility index (Phi) is 7.00. The third kappa shape index (κ3) is 5.21. The zero-order chi connectivity index (χ0) is 19.1. The number of carbonyl (C=O) groups is 3. The lowest BCUT2D eigenvalue weighted by Crippen LogP contribution is -2.31. The molecule has 2 rings (SSSR count). The molecule has 0 aliphatic heterocycles. The lowest BCUT2D eigenvalue weighted by Gasteiger charge is -2.09. The van der Waals surface area contributed by atoms with E-state index in [1.165, 1.54) is 25.3 Å². The van der Waals surface area contributed by atoms with Gasteiger partial charge in [0.25, 0.3) is 5.91 Å². The number of hydrogen-bond donors (Lipinski definition) is 1. The molecule has 0 saturated heterocycles. The Morgan fingerprint density at radius 3 is 2.46 bits per heavy atom. The highest BCUT2D eigenvalue weighted by atomic mass is 35.5. The molecular weight excluding hydrogens is 381 g/mol. The Bertz CT molecular complexity index is 838. The minimum Gasteiger partial charge on any atom is -0.496 e. The number of nitrogens with one attached hydrogen (secondary N) is 1. The Morgan fingerprint density at radius 2 is 1.77 bits per heavy atom. The first kappa shape index (κ1) is 19.8. The summed E-state index contributed by atoms with van der Waals surface area (Å²) in [5, 5.41) is 2.92. The molecule has 0 aliphatic carbocycles. The largest absolute Gasteiger partial charge is 0.496 e. The molecule has 0 saturated carbocycles. The molecule has 2 aromatic carbocycles. The number of carbonyl (C=O) groups excluding carboxylic acids is 3. The van der Waals surface area contributed by atoms with Gasteiger partial charge in [0.2, 0.25) is 5.78 Å². The van der Waals surface area contributed by atoms with Crippen molar-refractivity contribution in [1.82, 2.24) is 5.32 Å². The third-order valence-corrected chi connectivity index (χ3v) is 3.89. The number of hydrogen-bond acceptors (Lipinski definition) is 5. The van der Waals surface area contributed by atoms with E-state index in [9.17, 15) is 14.4 Å². The molecule has 0 spiro atoms. The van der Waals surface area contributed by atoms with E-state index in [2.05, 4.69) is 5.32 Å². The molecule has 0 aromatic heterocycles. The Morgan fingerprint density at radius 1 is 1.04 bits per heavy atom. The van der Waals surface area contributed by atoms with Crippen molar-refractivity contribution in [2.24, 2.45) is 0 Å². The van der Waals surface area contributed by atoms with Crippen LogP contribution in [0.25, 0.3) is 0 Å². The van der Waals surface area contributed by atoms with Crippen molar-refractivity contribution in [3.63, 3.8) is 0 Å². The summed E-state index contributed by atoms with van der Waals surface area (Å²) in [6.07, 6.45) is 0. The first-order valence-corrected chi connectivity index (χ1v) is 8.23. The molecule has 1 N–H and O–H groups in total. The second-order valence-electron chi connectivity index (χ2n) is 5.09. The van der Waals surface area contributed by atoms with Crippen LogP contribution in [-0.4, -0.2) is 37.9 Å². The van der Waals surface area contributed by atoms with Crippen molar-refractivity contribution >= 4 is 40.9 Å². The predicted octanol–water partition coefficient (Wildman–Crippen LogP) is 3.16. The average Bonchev–Trinajstić information content (AvgIpc) is 2.64. The summed E-state index contributed by atoms with van der Waals surface area (Å²) in [4.78, 5) is 35.8. The monoisotopic (exact) mass is 395 g/mol. The van der Waals surface area contributed by atoms with Gasteiger partial charge in [0.05, 0.1) is 23.3 Å². The smallest absolute Gasteiger partial charge is 0.325 e. The van der Waals surface area contributed by atoms with Gasteiger partial charge in [-0.05, 0) is 30.3 Å². The molecule has 8 heteroatoms. The third-order valence-electron chi connectivity index (χ3n) is 3.34. The van der Waals surface area contributed by atoms with E-state index in [4.69, 9.17) is 32.7 Å². The molecular formula is C18H15Cl2NO5. The standard InChI is InChI=1S/C18H15Cl2NO5/c1-25-16-5-3-2-4-13(16)15(22)10-26-17(23)9-21-18(24)12-7-6-11(19)8-14(12)20/h2-8H,9-10H2,1H3,(H,21,24). The van der Waals surface area contributed by atoms with Crippen molar-refractivity contribution in [1.29, 1.82) is 0 Å². The van der Waals surface area contributed by atoms with Crippen molar-refractivity contribution < 1.29 is 23.9 Å². The summed E-state index contributed by atoms with van der Waals surface area (Å²) in [6, 6.07) is 11.0. The van der Waals surface area contributed by atoms with Crippen LogP contribution < -0.4 is 10.1 Å². The fourth-order valence-electron chi connectivity index (χ4n) is 2.07. The number of benzene rings is 2. The maximum atomic E-state index is 12.1. The van der Waals surface area contributed by atoms with Crippen LogP contribution in [0.3, 0.4) is 0 Å². The minimum atomic E-state index is -0.758. The Balaban J connectivity index is 1.85. The second kappa shape index (κ2) is 9.22. The Labute approximate surface area is 160 Å². The zero-order valence-electron chi connectivity index (χ0n) is 13.8. The molecule has 0 bridgehead atoms. The van der Waals surface area contributed by atoms with Crippen molar-refractivity contribution in [3.05, 3.63) is 63.6 Å². The van der Waals surface area contributed by atoms with E-state index in [1.807, 2.05) is 0 Å². The van der Waals surface area contributed by atoms with Gasteiger partial charge in [-0.3, -0.25) is 14.4 Å². The van der Waals surface area contributed by atoms with Gasteiger partial charge >= 0.3 is 5.97 Å². The fraction of sp³-hybridized carbons (Fsp3) is 0.167. The lowest BCUT2D eigenvalue weighted by molar-refractivity contribution is -0.141. The first-order valence-electron chi connectivity index (χ1n) is 7.47. The number of methoxy groups -OCH3 is 1. The molecule has 2 aromatic rings. The van der Waals surface area contributed by atoms with Crippen LogP contribution in [-0.2, 0) is 9.53 Å². The number of ketones is 1. The summed E-state index contributed by atoms with van der Waals surface area (Å²) < 4.78 is 9.96. The molecule has 136 valence electrons. The van der Waals surface area contributed by atoms with Crippen molar-refractivity contribution in [3.8, 4) is 5.75 Å². The van der Waals surface area contributed by atoms with Gasteiger partial charge in [0.1, 0.15) is 12.3 Å². The Hall–Kier alpha value is -2.57. The number of ether oxygens (including phenoxy) is 2. The van der Waals surface area contributed by atoms with Gasteiger partial charge in [-0.2, -0.15) is 0 Å². The molecule has 26 heavy (non-hydrogen) atoms. The quantitative estimate of drug-likeness (QED) is 0.575. The highest BCUT2D eigenvalue weighted by molar-refractivity contribution is 6.36. The van der Waals surface area contributed by atoms with Crippen LogP contribution in [0.1, 0.15) is 20.7 Å². The molecule has 6 nitrogen and oxygen atoms in total. The van der Waals surface area contributed by atoms with Crippen LogP contribution in [0.2, 0.25) is 10.0 Å². The van der Waals surface area contributed by atoms with E-state index >= 15 is 0 Å². The van der Waals surface area contributed by atoms with Crippen molar-refractivity contribution in [2.75, 3.05) is 20.3 Å². The maximum absolute atomic E-state index is 12.1. The van der Waals surface area contributed by atoms with Gasteiger partial charge in [-0.1, -0.05) is 35.3 Å². The summed E-state index contributed by atoms with van der Waals surface area (Å²) in [5.41, 5.74) is 0.480. The van der Waals surface area contributed by atoms with Gasteiger partial charge in [-0.15, -0.1) is 0 Å². The molecule has 0 radical (unpaired) electrons. The summed E-state index contributed by atoms with van der Waals surface area (Å²) in [7, 11) is 1.44. The van der Waals surface area contributed by atoms with Crippen molar-refractivity contribution in [2.45, 2.75) is 0 Å². The van der Waals surface area contributed by atoms with E-state index in [0.29, 0.717) is 16.3 Å². The first-order chi connectivity index (χ1) is 12.4. The van der Waals surface area contributed by atoms with Gasteiger partial charge in [0, 0.05) is 5.02 Å². The molecule has 0 fully saturated rings. The lowest BCUT2D eigenvalue weighted by atomic mass is 10.1. The highest BCUT2D eigenvalue weighted by Crippen LogP contribution is 2.21. The molecule has 0 unspecified atom stereocenters. The number of amides is 1. The predicted molar refractivity (Wildman–Crippen MR) is 97.1 cm³/mol. The van der Waals surface area contributed by atoms with Crippen LogP contribution in [0.5, 0.6) is 5.75 Å². The van der Waals surface area contributed by atoms with E-state index < -0.39 is 30.8 Å². The van der Waals surface area contributed by atoms with Gasteiger partial charge < -0.3 is 14.8 Å². The van der Waals surface area contributed by atoms with Crippen LogP contribution in [0.15, 0.2) is 42.5 Å². The second-order valence-corrected chi connectivity index (χ2v) is 5.93. The SMILES string of the molecule is COc1ccccc1C(=O)COC(=O)CNC(=O)c1ccc(Cl)cc1Cl. The summed E-state index contributed by atoms with van der Waals surface area (Å²) in [5.74, 6) is -1.34. The number of para-hydroxylation sites is 1. The number of rotatable bonds is 7. The van der Waals surface area contributed by atoms with Gasteiger partial charge in [0.15, 0.2) is 6.61 Å². The zero-order valence-corrected chi connectivity index (χ0v) is 15.3. The summed E-state index contributed by atoms with van der Waals surface area (Å²) in [6.45, 7) is -0.867. The van der Waals surface area contributed by atoms with E-state index in [-0.39, 0.29) is 10.6 Å². The number of halogens is 2. The number of Topliss-reactive ketones (excluding diaryl/α,β-unsaturated/α-hetero) is 1. The molecule has 0 atom stereocenters. The molecule has 0 heterocycles.